The molecular weight excluding hydrogens is 540 g/mol. The molecule has 38 heavy (non-hydrogen) atoms. The highest BCUT2D eigenvalue weighted by Gasteiger charge is 2.58. The van der Waals surface area contributed by atoms with Crippen LogP contribution in [0.2, 0.25) is 0 Å². The minimum absolute atomic E-state index is 0.0695. The molecule has 0 aliphatic heterocycles. The second-order valence-electron chi connectivity index (χ2n) is 10.9. The molecule has 6 heteroatoms. The van der Waals surface area contributed by atoms with Gasteiger partial charge in [0, 0.05) is 26.9 Å². The van der Waals surface area contributed by atoms with Crippen LogP contribution in [0.15, 0.2) is 83.3 Å². The van der Waals surface area contributed by atoms with Crippen molar-refractivity contribution in [1.82, 2.24) is 10.3 Å². The SMILES string of the molecule is Cc1c(-c2ccccc2)nc2ccc(Br)cc2c1C(=O)NC12CCC(C(=O)O)(CC1)CC2c1ccccc1. The summed E-state index contributed by atoms with van der Waals surface area (Å²) in [6.45, 7) is 1.97. The lowest BCUT2D eigenvalue weighted by atomic mass is 9.51. The van der Waals surface area contributed by atoms with E-state index in [1.807, 2.05) is 73.7 Å². The van der Waals surface area contributed by atoms with Crippen molar-refractivity contribution < 1.29 is 14.7 Å². The Balaban J connectivity index is 1.46. The van der Waals surface area contributed by atoms with E-state index in [0.717, 1.165) is 37.8 Å². The van der Waals surface area contributed by atoms with E-state index in [0.29, 0.717) is 37.7 Å². The van der Waals surface area contributed by atoms with Crippen LogP contribution in [0.1, 0.15) is 59.5 Å². The highest BCUT2D eigenvalue weighted by molar-refractivity contribution is 9.10. The molecule has 1 heterocycles. The molecule has 7 rings (SSSR count). The van der Waals surface area contributed by atoms with Gasteiger partial charge in [0.25, 0.3) is 5.91 Å². The Bertz CT molecular complexity index is 1540. The van der Waals surface area contributed by atoms with Crippen molar-refractivity contribution in [3.63, 3.8) is 0 Å². The molecule has 0 radical (unpaired) electrons. The van der Waals surface area contributed by atoms with Gasteiger partial charge in [-0.25, -0.2) is 4.98 Å². The number of pyridine rings is 1. The minimum Gasteiger partial charge on any atom is -0.481 e. The number of aromatic nitrogens is 1. The Hall–Kier alpha value is -3.51. The zero-order valence-corrected chi connectivity index (χ0v) is 22.8. The first-order valence-corrected chi connectivity index (χ1v) is 13.9. The third-order valence-corrected chi connectivity index (χ3v) is 9.34. The van der Waals surface area contributed by atoms with E-state index >= 15 is 0 Å². The van der Waals surface area contributed by atoms with E-state index in [4.69, 9.17) is 4.98 Å². The van der Waals surface area contributed by atoms with E-state index < -0.39 is 16.9 Å². The third kappa shape index (κ3) is 4.02. The van der Waals surface area contributed by atoms with Crippen molar-refractivity contribution in [3.05, 3.63) is 100 Å². The van der Waals surface area contributed by atoms with Gasteiger partial charge in [0.2, 0.25) is 0 Å². The van der Waals surface area contributed by atoms with Crippen molar-refractivity contribution in [2.75, 3.05) is 0 Å². The number of hydrogen-bond donors (Lipinski definition) is 2. The molecule has 1 atom stereocenters. The Labute approximate surface area is 230 Å². The number of nitrogens with one attached hydrogen (secondary N) is 1. The van der Waals surface area contributed by atoms with E-state index in [9.17, 15) is 14.7 Å². The van der Waals surface area contributed by atoms with Gasteiger partial charge in [0.1, 0.15) is 0 Å². The summed E-state index contributed by atoms with van der Waals surface area (Å²) in [5.74, 6) is -0.915. The topological polar surface area (TPSA) is 79.3 Å². The molecule has 3 saturated carbocycles. The molecule has 2 bridgehead atoms. The van der Waals surface area contributed by atoms with Crippen LogP contribution in [0, 0.1) is 12.3 Å². The summed E-state index contributed by atoms with van der Waals surface area (Å²) in [7, 11) is 0. The lowest BCUT2D eigenvalue weighted by molar-refractivity contribution is -0.157. The quantitative estimate of drug-likeness (QED) is 0.265. The monoisotopic (exact) mass is 568 g/mol. The molecule has 1 aromatic heterocycles. The van der Waals surface area contributed by atoms with Gasteiger partial charge in [-0.05, 0) is 68.4 Å². The number of nitrogens with zero attached hydrogens (tertiary/aromatic N) is 1. The Morgan fingerprint density at radius 2 is 1.61 bits per heavy atom. The van der Waals surface area contributed by atoms with E-state index in [-0.39, 0.29) is 11.8 Å². The van der Waals surface area contributed by atoms with Crippen molar-refractivity contribution in [1.29, 1.82) is 0 Å². The molecular formula is C32H29BrN2O3. The average molecular weight is 569 g/mol. The van der Waals surface area contributed by atoms with E-state index in [1.165, 1.54) is 0 Å². The number of carbonyl (C=O) groups excluding carboxylic acids is 1. The first-order valence-electron chi connectivity index (χ1n) is 13.1. The fourth-order valence-electron chi connectivity index (χ4n) is 6.74. The van der Waals surface area contributed by atoms with Crippen LogP contribution in [0.4, 0.5) is 0 Å². The summed E-state index contributed by atoms with van der Waals surface area (Å²) in [6.07, 6.45) is 2.96. The van der Waals surface area contributed by atoms with Crippen LogP contribution in [0.5, 0.6) is 0 Å². The average Bonchev–Trinajstić information content (AvgIpc) is 2.94. The fraction of sp³-hybridized carbons (Fsp3) is 0.281. The largest absolute Gasteiger partial charge is 0.481 e. The molecule has 192 valence electrons. The number of benzene rings is 3. The first-order chi connectivity index (χ1) is 18.3. The van der Waals surface area contributed by atoms with E-state index in [2.05, 4.69) is 33.4 Å². The van der Waals surface area contributed by atoms with Crippen molar-refractivity contribution in [2.45, 2.75) is 50.5 Å². The Morgan fingerprint density at radius 1 is 0.947 bits per heavy atom. The maximum atomic E-state index is 14.3. The summed E-state index contributed by atoms with van der Waals surface area (Å²) in [5, 5.41) is 14.4. The van der Waals surface area contributed by atoms with Crippen LogP contribution in [-0.4, -0.2) is 27.5 Å². The summed E-state index contributed by atoms with van der Waals surface area (Å²) in [6, 6.07) is 25.9. The zero-order valence-electron chi connectivity index (χ0n) is 21.2. The normalized spacial score (nSPS) is 24.3. The smallest absolute Gasteiger partial charge is 0.309 e. The summed E-state index contributed by atoms with van der Waals surface area (Å²) in [5.41, 5.74) is 3.83. The molecule has 3 fully saturated rings. The standard InChI is InChI=1S/C32H29BrN2O3/c1-20-27(24-18-23(33)12-13-26(24)34-28(20)22-10-6-3-7-11-22)29(36)35-32-16-14-31(15-17-32,30(37)38)19-25(32)21-8-4-2-5-9-21/h2-13,18,25H,14-17,19H2,1H3,(H,35,36)(H,37,38). The fourth-order valence-corrected chi connectivity index (χ4v) is 7.10. The summed E-state index contributed by atoms with van der Waals surface area (Å²) < 4.78 is 0.884. The predicted molar refractivity (Wildman–Crippen MR) is 152 cm³/mol. The Morgan fingerprint density at radius 3 is 2.26 bits per heavy atom. The molecule has 3 aliphatic carbocycles. The predicted octanol–water partition coefficient (Wildman–Crippen LogP) is 7.27. The number of halogens is 1. The van der Waals surface area contributed by atoms with Crippen molar-refractivity contribution in [2.24, 2.45) is 5.41 Å². The molecule has 4 aromatic rings. The minimum atomic E-state index is -0.725. The lowest BCUT2D eigenvalue weighted by Crippen LogP contribution is -2.62. The number of amides is 1. The number of carbonyl (C=O) groups is 2. The van der Waals surface area contributed by atoms with Gasteiger partial charge in [0.05, 0.1) is 22.2 Å². The number of carboxylic acids is 1. The molecule has 3 aromatic carbocycles. The lowest BCUT2D eigenvalue weighted by Gasteiger charge is -2.56. The second-order valence-corrected chi connectivity index (χ2v) is 11.8. The van der Waals surface area contributed by atoms with Gasteiger partial charge in [-0.15, -0.1) is 0 Å². The van der Waals surface area contributed by atoms with Crippen molar-refractivity contribution >= 4 is 38.7 Å². The summed E-state index contributed by atoms with van der Waals surface area (Å²) in [4.78, 5) is 31.6. The summed E-state index contributed by atoms with van der Waals surface area (Å²) >= 11 is 3.58. The maximum absolute atomic E-state index is 14.3. The number of aliphatic carboxylic acids is 1. The molecule has 3 aliphatic rings. The van der Waals surface area contributed by atoms with Gasteiger partial charge >= 0.3 is 5.97 Å². The van der Waals surface area contributed by atoms with Gasteiger partial charge < -0.3 is 10.4 Å². The highest BCUT2D eigenvalue weighted by atomic mass is 79.9. The van der Waals surface area contributed by atoms with E-state index in [1.54, 1.807) is 0 Å². The van der Waals surface area contributed by atoms with Crippen LogP contribution in [0.25, 0.3) is 22.2 Å². The molecule has 1 amide bonds. The van der Waals surface area contributed by atoms with Crippen LogP contribution >= 0.6 is 15.9 Å². The van der Waals surface area contributed by atoms with Crippen molar-refractivity contribution in [3.8, 4) is 11.3 Å². The highest BCUT2D eigenvalue weighted by Crippen LogP contribution is 2.58. The molecule has 0 spiro atoms. The van der Waals surface area contributed by atoms with Crippen LogP contribution in [-0.2, 0) is 4.79 Å². The molecule has 0 saturated heterocycles. The maximum Gasteiger partial charge on any atom is 0.309 e. The number of hydrogen-bond acceptors (Lipinski definition) is 3. The van der Waals surface area contributed by atoms with Gasteiger partial charge in [-0.3, -0.25) is 9.59 Å². The van der Waals surface area contributed by atoms with Crippen LogP contribution < -0.4 is 5.32 Å². The third-order valence-electron chi connectivity index (χ3n) is 8.84. The number of carboxylic acid groups (broad SMARTS) is 1. The second kappa shape index (κ2) is 9.35. The zero-order chi connectivity index (χ0) is 26.5. The van der Waals surface area contributed by atoms with Gasteiger partial charge in [0.15, 0.2) is 0 Å². The number of rotatable bonds is 5. The van der Waals surface area contributed by atoms with Crippen LogP contribution in [0.3, 0.4) is 0 Å². The van der Waals surface area contributed by atoms with Gasteiger partial charge in [-0.1, -0.05) is 76.6 Å². The first kappa shape index (κ1) is 24.8. The molecule has 5 nitrogen and oxygen atoms in total. The molecule has 2 N–H and O–H groups in total. The molecule has 1 unspecified atom stereocenters. The van der Waals surface area contributed by atoms with Gasteiger partial charge in [-0.2, -0.15) is 0 Å². The Kier molecular flexibility index (Phi) is 6.10. The number of fused-ring (bicyclic) bond motifs is 4.